The quantitative estimate of drug-likeness (QED) is 0.322. The van der Waals surface area contributed by atoms with Crippen LogP contribution in [0, 0.1) is 5.82 Å². The highest BCUT2D eigenvalue weighted by atomic mass is 127. The van der Waals surface area contributed by atoms with Crippen molar-refractivity contribution in [2.24, 2.45) is 4.99 Å². The number of benzene rings is 2. The number of nitrogens with one attached hydrogen (secondary N) is 1. The number of aromatic nitrogens is 2. The van der Waals surface area contributed by atoms with Gasteiger partial charge < -0.3 is 10.2 Å². The van der Waals surface area contributed by atoms with Crippen LogP contribution in [-0.2, 0) is 13.0 Å². The summed E-state index contributed by atoms with van der Waals surface area (Å²) in [5.74, 6) is 0.596. The molecule has 5 nitrogen and oxygen atoms in total. The third-order valence-corrected chi connectivity index (χ3v) is 4.08. The molecular weight excluding hydrogens is 468 g/mol. The third kappa shape index (κ3) is 6.33. The molecule has 1 aromatic heterocycles. The van der Waals surface area contributed by atoms with Crippen molar-refractivity contribution in [3.05, 3.63) is 83.9 Å². The second-order valence-electron chi connectivity index (χ2n) is 6.42. The van der Waals surface area contributed by atoms with Crippen LogP contribution in [0.3, 0.4) is 0 Å². The van der Waals surface area contributed by atoms with Crippen molar-refractivity contribution in [1.29, 1.82) is 0 Å². The highest BCUT2D eigenvalue weighted by Crippen LogP contribution is 2.09. The number of halogens is 2. The second-order valence-corrected chi connectivity index (χ2v) is 6.42. The molecule has 0 saturated carbocycles. The molecule has 0 atom stereocenters. The molecule has 0 radical (unpaired) electrons. The first-order valence-electron chi connectivity index (χ1n) is 8.92. The Hall–Kier alpha value is -2.42. The van der Waals surface area contributed by atoms with Gasteiger partial charge in [-0.05, 0) is 35.9 Å². The molecule has 0 aliphatic heterocycles. The van der Waals surface area contributed by atoms with E-state index in [-0.39, 0.29) is 29.8 Å². The zero-order valence-corrected chi connectivity index (χ0v) is 18.4. The summed E-state index contributed by atoms with van der Waals surface area (Å²) < 4.78 is 14.8. The van der Waals surface area contributed by atoms with Crippen LogP contribution in [0.4, 0.5) is 4.39 Å². The lowest BCUT2D eigenvalue weighted by Crippen LogP contribution is -2.37. The van der Waals surface area contributed by atoms with Gasteiger partial charge in [0.1, 0.15) is 5.82 Å². The van der Waals surface area contributed by atoms with Crippen LogP contribution >= 0.6 is 24.0 Å². The van der Waals surface area contributed by atoms with E-state index in [1.807, 2.05) is 49.5 Å². The Morgan fingerprint density at radius 3 is 2.46 bits per heavy atom. The molecule has 148 valence electrons. The minimum Gasteiger partial charge on any atom is -0.356 e. The summed E-state index contributed by atoms with van der Waals surface area (Å²) in [6.07, 6.45) is 2.66. The number of aliphatic imine (C=N–C) groups is 1. The topological polar surface area (TPSA) is 45.5 Å². The summed E-state index contributed by atoms with van der Waals surface area (Å²) >= 11 is 0. The van der Waals surface area contributed by atoms with Gasteiger partial charge >= 0.3 is 0 Å². The van der Waals surface area contributed by atoms with Gasteiger partial charge in [-0.25, -0.2) is 14.1 Å². The summed E-state index contributed by atoms with van der Waals surface area (Å²) in [7, 11) is 3.94. The molecule has 0 bridgehead atoms. The molecule has 0 aliphatic carbocycles. The first-order valence-corrected chi connectivity index (χ1v) is 8.92. The first-order chi connectivity index (χ1) is 13.1. The Bertz CT molecular complexity index is 875. The smallest absolute Gasteiger partial charge is 0.193 e. The number of hydrogen-bond donors (Lipinski definition) is 1. The van der Waals surface area contributed by atoms with Gasteiger partial charge in [0.25, 0.3) is 0 Å². The highest BCUT2D eigenvalue weighted by Gasteiger charge is 2.04. The fraction of sp³-hybridized carbons (Fsp3) is 0.238. The molecule has 3 aromatic rings. The zero-order chi connectivity index (χ0) is 19.1. The van der Waals surface area contributed by atoms with Crippen molar-refractivity contribution >= 4 is 29.9 Å². The highest BCUT2D eigenvalue weighted by molar-refractivity contribution is 14.0. The van der Waals surface area contributed by atoms with E-state index in [0.717, 1.165) is 30.3 Å². The Morgan fingerprint density at radius 2 is 1.79 bits per heavy atom. The molecule has 2 aromatic carbocycles. The SMILES string of the molecule is CN(C)C(=NCc1ccccc1)NCCc1ccn(-c2ccc(F)cc2)n1.I. The fourth-order valence-electron chi connectivity index (χ4n) is 2.64. The monoisotopic (exact) mass is 493 g/mol. The molecule has 0 unspecified atom stereocenters. The zero-order valence-electron chi connectivity index (χ0n) is 16.0. The van der Waals surface area contributed by atoms with Crippen LogP contribution in [0.25, 0.3) is 5.69 Å². The number of guanidine groups is 1. The van der Waals surface area contributed by atoms with Crippen molar-refractivity contribution in [3.63, 3.8) is 0 Å². The Morgan fingerprint density at radius 1 is 1.07 bits per heavy atom. The van der Waals surface area contributed by atoms with E-state index in [1.54, 1.807) is 16.8 Å². The lowest BCUT2D eigenvalue weighted by molar-refractivity contribution is 0.578. The van der Waals surface area contributed by atoms with Crippen molar-refractivity contribution in [3.8, 4) is 5.69 Å². The summed E-state index contributed by atoms with van der Waals surface area (Å²) in [6.45, 7) is 1.37. The second kappa shape index (κ2) is 10.8. The van der Waals surface area contributed by atoms with Crippen LogP contribution in [0.15, 0.2) is 71.9 Å². The van der Waals surface area contributed by atoms with E-state index in [4.69, 9.17) is 0 Å². The fourth-order valence-corrected chi connectivity index (χ4v) is 2.64. The molecule has 1 N–H and O–H groups in total. The van der Waals surface area contributed by atoms with E-state index in [0.29, 0.717) is 6.54 Å². The van der Waals surface area contributed by atoms with Gasteiger partial charge in [-0.1, -0.05) is 30.3 Å². The van der Waals surface area contributed by atoms with E-state index in [2.05, 4.69) is 27.5 Å². The summed E-state index contributed by atoms with van der Waals surface area (Å²) in [6, 6.07) is 18.4. The van der Waals surface area contributed by atoms with Gasteiger partial charge in [-0.15, -0.1) is 24.0 Å². The van der Waals surface area contributed by atoms with Crippen LogP contribution in [0.5, 0.6) is 0 Å². The maximum atomic E-state index is 13.0. The van der Waals surface area contributed by atoms with E-state index in [9.17, 15) is 4.39 Å². The van der Waals surface area contributed by atoms with Crippen LogP contribution in [0.1, 0.15) is 11.3 Å². The molecule has 0 saturated heterocycles. The predicted molar refractivity (Wildman–Crippen MR) is 122 cm³/mol. The normalized spacial score (nSPS) is 11.0. The third-order valence-electron chi connectivity index (χ3n) is 4.08. The van der Waals surface area contributed by atoms with Gasteiger partial charge in [0.15, 0.2) is 5.96 Å². The number of nitrogens with zero attached hydrogens (tertiary/aromatic N) is 4. The average molecular weight is 493 g/mol. The maximum Gasteiger partial charge on any atom is 0.193 e. The predicted octanol–water partition coefficient (Wildman–Crippen LogP) is 3.88. The van der Waals surface area contributed by atoms with Gasteiger partial charge in [0, 0.05) is 33.3 Å². The van der Waals surface area contributed by atoms with E-state index >= 15 is 0 Å². The Kier molecular flexibility index (Phi) is 8.43. The van der Waals surface area contributed by atoms with Crippen molar-refractivity contribution in [1.82, 2.24) is 20.0 Å². The van der Waals surface area contributed by atoms with Gasteiger partial charge in [-0.3, -0.25) is 0 Å². The lowest BCUT2D eigenvalue weighted by Gasteiger charge is -2.17. The lowest BCUT2D eigenvalue weighted by atomic mass is 10.2. The number of hydrogen-bond acceptors (Lipinski definition) is 2. The minimum atomic E-state index is -0.249. The molecule has 0 amide bonds. The van der Waals surface area contributed by atoms with Crippen molar-refractivity contribution < 1.29 is 4.39 Å². The van der Waals surface area contributed by atoms with Crippen LogP contribution < -0.4 is 5.32 Å². The van der Waals surface area contributed by atoms with E-state index in [1.165, 1.54) is 17.7 Å². The number of rotatable bonds is 6. The Balaban J connectivity index is 0.00000280. The van der Waals surface area contributed by atoms with Gasteiger partial charge in [-0.2, -0.15) is 5.10 Å². The largest absolute Gasteiger partial charge is 0.356 e. The summed E-state index contributed by atoms with van der Waals surface area (Å²) in [5, 5.41) is 7.92. The van der Waals surface area contributed by atoms with Crippen molar-refractivity contribution in [2.45, 2.75) is 13.0 Å². The van der Waals surface area contributed by atoms with Crippen LogP contribution in [-0.4, -0.2) is 41.3 Å². The van der Waals surface area contributed by atoms with Crippen LogP contribution in [0.2, 0.25) is 0 Å². The molecule has 3 rings (SSSR count). The first kappa shape index (κ1) is 21.9. The standard InChI is InChI=1S/C21H24FN5.HI/c1-26(2)21(24-16-17-6-4-3-5-7-17)23-14-12-19-13-15-27(25-19)20-10-8-18(22)9-11-20;/h3-11,13,15H,12,14,16H2,1-2H3,(H,23,24);1H. The summed E-state index contributed by atoms with van der Waals surface area (Å²) in [4.78, 5) is 6.63. The average Bonchev–Trinajstić information content (AvgIpc) is 3.14. The molecule has 0 aliphatic rings. The maximum absolute atomic E-state index is 13.0. The molecule has 0 fully saturated rings. The molecule has 7 heteroatoms. The Labute approximate surface area is 182 Å². The molecule has 0 spiro atoms. The van der Waals surface area contributed by atoms with Gasteiger partial charge in [0.05, 0.1) is 17.9 Å². The molecular formula is C21H25FIN5. The summed E-state index contributed by atoms with van der Waals surface area (Å²) in [5.41, 5.74) is 2.98. The minimum absolute atomic E-state index is 0. The molecule has 28 heavy (non-hydrogen) atoms. The molecule has 1 heterocycles. The van der Waals surface area contributed by atoms with Crippen molar-refractivity contribution in [2.75, 3.05) is 20.6 Å². The van der Waals surface area contributed by atoms with E-state index < -0.39 is 0 Å². The van der Waals surface area contributed by atoms with Gasteiger partial charge in [0.2, 0.25) is 0 Å².